The quantitative estimate of drug-likeness (QED) is 0.684. The van der Waals surface area contributed by atoms with Crippen molar-refractivity contribution in [2.45, 2.75) is 78.4 Å². The Morgan fingerprint density at radius 3 is 2.50 bits per heavy atom. The van der Waals surface area contributed by atoms with Crippen molar-refractivity contribution >= 4 is 0 Å². The van der Waals surface area contributed by atoms with Crippen LogP contribution in [0, 0.1) is 11.8 Å². The van der Waals surface area contributed by atoms with E-state index in [0.29, 0.717) is 18.3 Å². The highest BCUT2D eigenvalue weighted by Crippen LogP contribution is 2.25. The van der Waals surface area contributed by atoms with Crippen LogP contribution in [-0.2, 0) is 0 Å². The number of allylic oxidation sites excluding steroid dienone is 4. The molecule has 2 N–H and O–H groups in total. The fourth-order valence-electron chi connectivity index (χ4n) is 2.99. The largest absolute Gasteiger partial charge is 0.389 e. The number of hydrogen-bond acceptors (Lipinski definition) is 2. The molecule has 0 saturated carbocycles. The second-order valence-corrected chi connectivity index (χ2v) is 7.54. The third kappa shape index (κ3) is 7.42. The van der Waals surface area contributed by atoms with Crippen LogP contribution in [0.15, 0.2) is 35.5 Å². The van der Waals surface area contributed by atoms with Crippen LogP contribution < -0.4 is 0 Å². The first-order valence-corrected chi connectivity index (χ1v) is 8.62. The van der Waals surface area contributed by atoms with Crippen molar-refractivity contribution in [3.63, 3.8) is 0 Å². The van der Waals surface area contributed by atoms with Crippen molar-refractivity contribution in [1.82, 2.24) is 0 Å². The van der Waals surface area contributed by atoms with Gasteiger partial charge in [0, 0.05) is 6.42 Å². The van der Waals surface area contributed by atoms with Crippen molar-refractivity contribution in [3.8, 4) is 0 Å². The molecule has 0 saturated heterocycles. The number of rotatable bonds is 1. The van der Waals surface area contributed by atoms with Gasteiger partial charge in [0.05, 0.1) is 11.7 Å². The summed E-state index contributed by atoms with van der Waals surface area (Å²) >= 11 is 0. The summed E-state index contributed by atoms with van der Waals surface area (Å²) in [6.45, 7) is 10.5. The predicted octanol–water partition coefficient (Wildman–Crippen LogP) is 4.78. The Balaban J connectivity index is 2.97. The Morgan fingerprint density at radius 1 is 1.18 bits per heavy atom. The van der Waals surface area contributed by atoms with Crippen molar-refractivity contribution in [1.29, 1.82) is 0 Å². The zero-order chi connectivity index (χ0) is 16.8. The minimum absolute atomic E-state index is 0.348. The molecule has 3 atom stereocenters. The SMILES string of the molecule is C/C1=C\[C@H](O)C[C@@](C)(O)/C=C/[C@H](C(C)C)CC/C(C)=C/CC1. The fraction of sp³-hybridized carbons (Fsp3) is 0.700. The summed E-state index contributed by atoms with van der Waals surface area (Å²) in [5.74, 6) is 1.02. The van der Waals surface area contributed by atoms with E-state index in [0.717, 1.165) is 25.7 Å². The molecular weight excluding hydrogens is 272 g/mol. The third-order valence-electron chi connectivity index (χ3n) is 4.56. The molecular formula is C20H34O2. The average molecular weight is 306 g/mol. The molecule has 0 fully saturated rings. The van der Waals surface area contributed by atoms with E-state index >= 15 is 0 Å². The first-order valence-electron chi connectivity index (χ1n) is 8.62. The maximum absolute atomic E-state index is 10.5. The minimum atomic E-state index is -0.960. The van der Waals surface area contributed by atoms with E-state index in [4.69, 9.17) is 0 Å². The predicted molar refractivity (Wildman–Crippen MR) is 94.7 cm³/mol. The first-order chi connectivity index (χ1) is 10.2. The van der Waals surface area contributed by atoms with E-state index in [-0.39, 0.29) is 0 Å². The van der Waals surface area contributed by atoms with Crippen LogP contribution in [0.5, 0.6) is 0 Å². The number of aliphatic hydroxyl groups is 2. The van der Waals surface area contributed by atoms with Crippen molar-refractivity contribution in [2.75, 3.05) is 0 Å². The lowest BCUT2D eigenvalue weighted by Gasteiger charge is -2.24. The molecule has 0 radical (unpaired) electrons. The van der Waals surface area contributed by atoms with Gasteiger partial charge in [0.2, 0.25) is 0 Å². The van der Waals surface area contributed by atoms with Gasteiger partial charge in [-0.25, -0.2) is 0 Å². The second kappa shape index (κ2) is 8.69. The van der Waals surface area contributed by atoms with Crippen molar-refractivity contribution < 1.29 is 10.2 Å². The van der Waals surface area contributed by atoms with Gasteiger partial charge in [-0.15, -0.1) is 0 Å². The van der Waals surface area contributed by atoms with Gasteiger partial charge in [-0.2, -0.15) is 0 Å². The molecule has 0 aromatic heterocycles. The van der Waals surface area contributed by atoms with Crippen molar-refractivity contribution in [2.24, 2.45) is 11.8 Å². The van der Waals surface area contributed by atoms with Crippen LogP contribution in [0.2, 0.25) is 0 Å². The summed E-state index contributed by atoms with van der Waals surface area (Å²) in [4.78, 5) is 0. The number of aliphatic hydroxyl groups excluding tert-OH is 1. The molecule has 0 heterocycles. The maximum atomic E-state index is 10.5. The van der Waals surface area contributed by atoms with E-state index in [1.54, 1.807) is 6.92 Å². The highest BCUT2D eigenvalue weighted by atomic mass is 16.3. The summed E-state index contributed by atoms with van der Waals surface area (Å²) in [7, 11) is 0. The molecule has 0 unspecified atom stereocenters. The lowest BCUT2D eigenvalue weighted by molar-refractivity contribution is 0.0565. The molecule has 1 rings (SSSR count). The molecule has 2 heteroatoms. The van der Waals surface area contributed by atoms with Gasteiger partial charge < -0.3 is 10.2 Å². The topological polar surface area (TPSA) is 40.5 Å². The Kier molecular flexibility index (Phi) is 7.58. The molecule has 22 heavy (non-hydrogen) atoms. The monoisotopic (exact) mass is 306 g/mol. The molecule has 0 aromatic carbocycles. The van der Waals surface area contributed by atoms with E-state index in [9.17, 15) is 10.2 Å². The van der Waals surface area contributed by atoms with Gasteiger partial charge in [-0.05, 0) is 58.3 Å². The fourth-order valence-corrected chi connectivity index (χ4v) is 2.99. The molecule has 1 aliphatic rings. The van der Waals surface area contributed by atoms with Crippen LogP contribution >= 0.6 is 0 Å². The Hall–Kier alpha value is -0.860. The molecule has 0 spiro atoms. The summed E-state index contributed by atoms with van der Waals surface area (Å²) in [5.41, 5.74) is 1.67. The van der Waals surface area contributed by atoms with E-state index in [2.05, 4.69) is 39.8 Å². The van der Waals surface area contributed by atoms with E-state index in [1.165, 1.54) is 11.1 Å². The highest BCUT2D eigenvalue weighted by molar-refractivity contribution is 5.10. The minimum Gasteiger partial charge on any atom is -0.389 e. The number of hydrogen-bond donors (Lipinski definition) is 2. The standard InChI is InChI=1S/C20H34O2/c1-15(2)18-10-9-16(3)7-6-8-17(4)13-19(21)14-20(5,22)12-11-18/h7,11-13,15,18-19,21-22H,6,8-10,14H2,1-5H3/b12-11+,16-7+,17-13+/t18-,19+,20+/m1/s1. The lowest BCUT2D eigenvalue weighted by atomic mass is 9.86. The molecule has 0 aromatic rings. The van der Waals surface area contributed by atoms with Crippen LogP contribution in [0.25, 0.3) is 0 Å². The van der Waals surface area contributed by atoms with Crippen molar-refractivity contribution in [3.05, 3.63) is 35.5 Å². The molecule has 2 nitrogen and oxygen atoms in total. The second-order valence-electron chi connectivity index (χ2n) is 7.54. The van der Waals surface area contributed by atoms with Gasteiger partial charge in [0.15, 0.2) is 0 Å². The molecule has 126 valence electrons. The third-order valence-corrected chi connectivity index (χ3v) is 4.56. The van der Waals surface area contributed by atoms with Gasteiger partial charge in [-0.3, -0.25) is 0 Å². The summed E-state index contributed by atoms with van der Waals surface area (Å²) in [6, 6.07) is 0. The van der Waals surface area contributed by atoms with Gasteiger partial charge in [0.1, 0.15) is 0 Å². The lowest BCUT2D eigenvalue weighted by Crippen LogP contribution is -2.27. The van der Waals surface area contributed by atoms with Crippen LogP contribution in [0.1, 0.15) is 66.7 Å². The van der Waals surface area contributed by atoms with Crippen LogP contribution in [-0.4, -0.2) is 21.9 Å². The van der Waals surface area contributed by atoms with Gasteiger partial charge >= 0.3 is 0 Å². The highest BCUT2D eigenvalue weighted by Gasteiger charge is 2.21. The summed E-state index contributed by atoms with van der Waals surface area (Å²) < 4.78 is 0. The molecule has 0 amide bonds. The Morgan fingerprint density at radius 2 is 1.86 bits per heavy atom. The molecule has 0 aliphatic heterocycles. The van der Waals surface area contributed by atoms with E-state index < -0.39 is 11.7 Å². The van der Waals surface area contributed by atoms with Crippen LogP contribution in [0.3, 0.4) is 0 Å². The zero-order valence-electron chi connectivity index (χ0n) is 15.0. The van der Waals surface area contributed by atoms with E-state index in [1.807, 2.05) is 12.2 Å². The first kappa shape index (κ1) is 19.2. The van der Waals surface area contributed by atoms with Gasteiger partial charge in [-0.1, -0.05) is 49.3 Å². The average Bonchev–Trinajstić information content (AvgIpc) is 2.36. The normalized spacial score (nSPS) is 38.5. The van der Waals surface area contributed by atoms with Crippen LogP contribution in [0.4, 0.5) is 0 Å². The Bertz CT molecular complexity index is 427. The summed E-state index contributed by atoms with van der Waals surface area (Å²) in [5, 5.41) is 20.7. The maximum Gasteiger partial charge on any atom is 0.0827 e. The molecule has 0 bridgehead atoms. The smallest absolute Gasteiger partial charge is 0.0827 e. The Labute approximate surface area is 136 Å². The summed E-state index contributed by atoms with van der Waals surface area (Å²) in [6.07, 6.45) is 12.2. The zero-order valence-corrected chi connectivity index (χ0v) is 15.0. The molecule has 1 aliphatic carbocycles. The van der Waals surface area contributed by atoms with Gasteiger partial charge in [0.25, 0.3) is 0 Å².